The van der Waals surface area contributed by atoms with Gasteiger partial charge in [0.2, 0.25) is 5.91 Å². The smallest absolute Gasteiger partial charge is 0.229 e. The number of likely N-dealkylation sites (tertiary alicyclic amines) is 1. The summed E-state index contributed by atoms with van der Waals surface area (Å²) in [5.74, 6) is 0.399. The third-order valence-corrected chi connectivity index (χ3v) is 3.30. The zero-order chi connectivity index (χ0) is 10.8. The number of nitrogens with zero attached hydrogens (tertiary/aromatic N) is 1. The van der Waals surface area contributed by atoms with Crippen LogP contribution in [-0.4, -0.2) is 61.9 Å². The zero-order valence-electron chi connectivity index (χ0n) is 8.98. The van der Waals surface area contributed by atoms with E-state index in [-0.39, 0.29) is 30.4 Å². The van der Waals surface area contributed by atoms with E-state index in [1.54, 1.807) is 0 Å². The second-order valence-electron chi connectivity index (χ2n) is 4.33. The van der Waals surface area contributed by atoms with Crippen LogP contribution in [0.1, 0.15) is 0 Å². The lowest BCUT2D eigenvalue weighted by molar-refractivity contribution is -0.143. The highest BCUT2D eigenvalue weighted by Gasteiger charge is 2.39. The van der Waals surface area contributed by atoms with Crippen molar-refractivity contribution < 1.29 is 14.6 Å². The largest absolute Gasteiger partial charge is 0.396 e. The van der Waals surface area contributed by atoms with Crippen molar-refractivity contribution in [3.05, 3.63) is 0 Å². The lowest BCUT2D eigenvalue weighted by Crippen LogP contribution is -2.55. The summed E-state index contributed by atoms with van der Waals surface area (Å²) in [6.07, 6.45) is 0. The number of carbonyl (C=O) groups excluding carboxylic acids is 1. The van der Waals surface area contributed by atoms with Gasteiger partial charge in [-0.2, -0.15) is 0 Å². The molecule has 2 atom stereocenters. The molecule has 2 rings (SSSR count). The highest BCUT2D eigenvalue weighted by atomic mass is 16.5. The van der Waals surface area contributed by atoms with Crippen molar-refractivity contribution in [2.75, 3.05) is 40.0 Å². The number of aliphatic hydroxyl groups is 1. The van der Waals surface area contributed by atoms with Gasteiger partial charge in [0.15, 0.2) is 0 Å². The van der Waals surface area contributed by atoms with Crippen LogP contribution in [0.15, 0.2) is 0 Å². The van der Waals surface area contributed by atoms with Crippen LogP contribution in [0.5, 0.6) is 0 Å². The molecule has 1 amide bonds. The molecule has 0 aromatic heterocycles. The quantitative estimate of drug-likeness (QED) is 0.611. The highest BCUT2D eigenvalue weighted by molar-refractivity contribution is 5.80. The zero-order valence-corrected chi connectivity index (χ0v) is 8.98. The Balaban J connectivity index is 1.86. The predicted octanol–water partition coefficient (Wildman–Crippen LogP) is -1.33. The van der Waals surface area contributed by atoms with Gasteiger partial charge < -0.3 is 20.1 Å². The molecular weight excluding hydrogens is 196 g/mol. The molecule has 2 aliphatic heterocycles. The van der Waals surface area contributed by atoms with E-state index in [4.69, 9.17) is 9.84 Å². The normalized spacial score (nSPS) is 31.7. The number of hydrogen-bond donors (Lipinski definition) is 2. The molecule has 2 aliphatic rings. The van der Waals surface area contributed by atoms with E-state index in [9.17, 15) is 4.79 Å². The highest BCUT2D eigenvalue weighted by Crippen LogP contribution is 2.22. The monoisotopic (exact) mass is 214 g/mol. The van der Waals surface area contributed by atoms with Gasteiger partial charge in [-0.1, -0.05) is 0 Å². The van der Waals surface area contributed by atoms with E-state index in [0.717, 1.165) is 0 Å². The summed E-state index contributed by atoms with van der Waals surface area (Å²) >= 11 is 0. The number of hydrogen-bond acceptors (Lipinski definition) is 4. The second-order valence-corrected chi connectivity index (χ2v) is 4.33. The number of carbonyl (C=O) groups is 1. The maximum atomic E-state index is 12.0. The van der Waals surface area contributed by atoms with E-state index in [1.807, 2.05) is 11.9 Å². The minimum absolute atomic E-state index is 0.0466. The van der Waals surface area contributed by atoms with Gasteiger partial charge in [-0.25, -0.2) is 0 Å². The van der Waals surface area contributed by atoms with Gasteiger partial charge in [-0.05, 0) is 7.05 Å². The molecule has 5 nitrogen and oxygen atoms in total. The van der Waals surface area contributed by atoms with Gasteiger partial charge in [0.25, 0.3) is 0 Å². The topological polar surface area (TPSA) is 61.8 Å². The molecule has 15 heavy (non-hydrogen) atoms. The van der Waals surface area contributed by atoms with Crippen molar-refractivity contribution in [1.82, 2.24) is 10.2 Å². The fourth-order valence-corrected chi connectivity index (χ4v) is 2.18. The van der Waals surface area contributed by atoms with E-state index in [1.165, 1.54) is 0 Å². The number of nitrogens with one attached hydrogen (secondary N) is 1. The first-order chi connectivity index (χ1) is 7.26. The average Bonchev–Trinajstić information content (AvgIpc) is 2.63. The maximum Gasteiger partial charge on any atom is 0.229 e. The number of amides is 1. The van der Waals surface area contributed by atoms with Crippen LogP contribution in [0.2, 0.25) is 0 Å². The van der Waals surface area contributed by atoms with E-state index >= 15 is 0 Å². The molecule has 2 heterocycles. The third kappa shape index (κ3) is 2.00. The Bertz CT molecular complexity index is 241. The first-order valence-electron chi connectivity index (χ1n) is 5.41. The summed E-state index contributed by atoms with van der Waals surface area (Å²) in [6, 6.07) is 0.144. The summed E-state index contributed by atoms with van der Waals surface area (Å²) in [5.41, 5.74) is 0. The van der Waals surface area contributed by atoms with Crippen LogP contribution < -0.4 is 5.32 Å². The molecular formula is C10H18N2O3. The Morgan fingerprint density at radius 1 is 1.53 bits per heavy atom. The van der Waals surface area contributed by atoms with Gasteiger partial charge in [0.1, 0.15) is 0 Å². The molecule has 0 aromatic carbocycles. The van der Waals surface area contributed by atoms with Crippen LogP contribution in [0.25, 0.3) is 0 Å². The number of ether oxygens (including phenoxy) is 1. The molecule has 2 fully saturated rings. The third-order valence-electron chi connectivity index (χ3n) is 3.30. The van der Waals surface area contributed by atoms with Gasteiger partial charge in [-0.15, -0.1) is 0 Å². The Kier molecular flexibility index (Phi) is 3.23. The average molecular weight is 214 g/mol. The van der Waals surface area contributed by atoms with Crippen molar-refractivity contribution in [3.8, 4) is 0 Å². The molecule has 0 aliphatic carbocycles. The molecule has 0 bridgehead atoms. The second kappa shape index (κ2) is 4.47. The van der Waals surface area contributed by atoms with Crippen LogP contribution >= 0.6 is 0 Å². The molecule has 2 N–H and O–H groups in total. The fraction of sp³-hybridized carbons (Fsp3) is 0.900. The molecule has 0 saturated carbocycles. The lowest BCUT2D eigenvalue weighted by atomic mass is 9.95. The van der Waals surface area contributed by atoms with Crippen LogP contribution in [0.3, 0.4) is 0 Å². The molecule has 0 spiro atoms. The summed E-state index contributed by atoms with van der Waals surface area (Å²) < 4.78 is 5.29. The first kappa shape index (κ1) is 10.9. The molecule has 2 saturated heterocycles. The van der Waals surface area contributed by atoms with Crippen LogP contribution in [-0.2, 0) is 9.53 Å². The Morgan fingerprint density at radius 2 is 2.27 bits per heavy atom. The first-order valence-corrected chi connectivity index (χ1v) is 5.41. The summed E-state index contributed by atoms with van der Waals surface area (Å²) in [7, 11) is 1.85. The van der Waals surface area contributed by atoms with Crippen molar-refractivity contribution in [1.29, 1.82) is 0 Å². The standard InChI is InChI=1S/C10H18N2O3/c1-11-9-6-15-5-8(9)10(14)12-2-7(3-12)4-13/h7-9,11,13H,2-6H2,1H3. The van der Waals surface area contributed by atoms with Crippen molar-refractivity contribution in [3.63, 3.8) is 0 Å². The molecule has 2 unspecified atom stereocenters. The summed E-state index contributed by atoms with van der Waals surface area (Å²) in [5, 5.41) is 12.0. The number of aliphatic hydroxyl groups excluding tert-OH is 1. The van der Waals surface area contributed by atoms with E-state index in [2.05, 4.69) is 5.32 Å². The molecule has 0 radical (unpaired) electrons. The Labute approximate surface area is 89.4 Å². The lowest BCUT2D eigenvalue weighted by Gasteiger charge is -2.40. The molecule has 5 heteroatoms. The minimum Gasteiger partial charge on any atom is -0.396 e. The van der Waals surface area contributed by atoms with Gasteiger partial charge in [0.05, 0.1) is 19.1 Å². The van der Waals surface area contributed by atoms with Crippen molar-refractivity contribution >= 4 is 5.91 Å². The summed E-state index contributed by atoms with van der Waals surface area (Å²) in [4.78, 5) is 13.8. The number of likely N-dealkylation sites (N-methyl/N-ethyl adjacent to an activating group) is 1. The van der Waals surface area contributed by atoms with Crippen molar-refractivity contribution in [2.45, 2.75) is 6.04 Å². The van der Waals surface area contributed by atoms with Gasteiger partial charge in [0, 0.05) is 31.7 Å². The number of rotatable bonds is 3. The molecule has 86 valence electrons. The van der Waals surface area contributed by atoms with E-state index < -0.39 is 0 Å². The van der Waals surface area contributed by atoms with Crippen LogP contribution in [0.4, 0.5) is 0 Å². The van der Waals surface area contributed by atoms with E-state index in [0.29, 0.717) is 26.3 Å². The van der Waals surface area contributed by atoms with Crippen LogP contribution in [0, 0.1) is 11.8 Å². The summed E-state index contributed by atoms with van der Waals surface area (Å²) in [6.45, 7) is 2.71. The fourth-order valence-electron chi connectivity index (χ4n) is 2.18. The SMILES string of the molecule is CNC1COCC1C(=O)N1CC(CO)C1. The maximum absolute atomic E-state index is 12.0. The van der Waals surface area contributed by atoms with Gasteiger partial charge >= 0.3 is 0 Å². The predicted molar refractivity (Wildman–Crippen MR) is 54.3 cm³/mol. The Morgan fingerprint density at radius 3 is 2.87 bits per heavy atom. The van der Waals surface area contributed by atoms with Crippen molar-refractivity contribution in [2.24, 2.45) is 11.8 Å². The Hall–Kier alpha value is -0.650. The minimum atomic E-state index is -0.0466. The molecule has 0 aromatic rings. The van der Waals surface area contributed by atoms with Gasteiger partial charge in [-0.3, -0.25) is 4.79 Å².